The Morgan fingerprint density at radius 1 is 1.50 bits per heavy atom. The van der Waals surface area contributed by atoms with E-state index >= 15 is 0 Å². The first-order chi connectivity index (χ1) is 5.74. The average molecular weight is 167 g/mol. The van der Waals surface area contributed by atoms with E-state index in [1.807, 2.05) is 0 Å². The highest BCUT2D eigenvalue weighted by molar-refractivity contribution is 5.51. The lowest BCUT2D eigenvalue weighted by Crippen LogP contribution is -1.92. The van der Waals surface area contributed by atoms with Gasteiger partial charge in [0.25, 0.3) is 0 Å². The van der Waals surface area contributed by atoms with Gasteiger partial charge in [0.05, 0.1) is 0 Å². The lowest BCUT2D eigenvalue weighted by atomic mass is 10.2. The zero-order chi connectivity index (χ0) is 8.97. The summed E-state index contributed by atoms with van der Waals surface area (Å²) in [4.78, 5) is 0. The fourth-order valence-electron chi connectivity index (χ4n) is 0.846. The summed E-state index contributed by atoms with van der Waals surface area (Å²) in [6.45, 7) is 0.375. The Hall–Kier alpha value is -1.35. The number of benzene rings is 1. The second-order valence-electron chi connectivity index (χ2n) is 2.34. The molecule has 0 unspecified atom stereocenters. The standard InChI is InChI=1S/C9H10FNO/c10-9-6-8(12)4-3-7(9)2-1-5-11/h1-4,6,12H,5,11H2. The van der Waals surface area contributed by atoms with Gasteiger partial charge >= 0.3 is 0 Å². The summed E-state index contributed by atoms with van der Waals surface area (Å²) in [5.41, 5.74) is 5.63. The lowest BCUT2D eigenvalue weighted by molar-refractivity contribution is 0.469. The number of hydrogen-bond acceptors (Lipinski definition) is 2. The van der Waals surface area contributed by atoms with Crippen molar-refractivity contribution in [2.75, 3.05) is 6.54 Å². The van der Waals surface area contributed by atoms with Gasteiger partial charge in [-0.1, -0.05) is 12.2 Å². The Morgan fingerprint density at radius 2 is 2.25 bits per heavy atom. The number of phenolic OH excluding ortho intramolecular Hbond substituents is 1. The third-order valence-corrected chi connectivity index (χ3v) is 1.42. The molecule has 12 heavy (non-hydrogen) atoms. The van der Waals surface area contributed by atoms with Crippen LogP contribution >= 0.6 is 0 Å². The molecule has 0 aliphatic heterocycles. The van der Waals surface area contributed by atoms with E-state index in [1.165, 1.54) is 12.1 Å². The zero-order valence-corrected chi connectivity index (χ0v) is 6.50. The van der Waals surface area contributed by atoms with E-state index < -0.39 is 5.82 Å². The topological polar surface area (TPSA) is 46.2 Å². The minimum Gasteiger partial charge on any atom is -0.508 e. The first-order valence-corrected chi connectivity index (χ1v) is 3.59. The predicted octanol–water partition coefficient (Wildman–Crippen LogP) is 1.50. The van der Waals surface area contributed by atoms with E-state index in [0.29, 0.717) is 12.1 Å². The number of hydrogen-bond donors (Lipinski definition) is 2. The zero-order valence-electron chi connectivity index (χ0n) is 6.50. The van der Waals surface area contributed by atoms with Crippen molar-refractivity contribution >= 4 is 6.08 Å². The molecule has 1 aromatic rings. The molecule has 2 nitrogen and oxygen atoms in total. The fourth-order valence-corrected chi connectivity index (χ4v) is 0.846. The Morgan fingerprint density at radius 3 is 2.83 bits per heavy atom. The third-order valence-electron chi connectivity index (χ3n) is 1.42. The molecule has 0 atom stereocenters. The highest BCUT2D eigenvalue weighted by Crippen LogP contribution is 2.15. The minimum atomic E-state index is -0.445. The summed E-state index contributed by atoms with van der Waals surface area (Å²) >= 11 is 0. The van der Waals surface area contributed by atoms with Crippen molar-refractivity contribution in [3.8, 4) is 5.75 Å². The van der Waals surface area contributed by atoms with Gasteiger partial charge in [-0.3, -0.25) is 0 Å². The van der Waals surface area contributed by atoms with Crippen molar-refractivity contribution in [1.82, 2.24) is 0 Å². The molecule has 0 aliphatic rings. The van der Waals surface area contributed by atoms with Gasteiger partial charge in [0.2, 0.25) is 0 Å². The first kappa shape index (κ1) is 8.74. The molecule has 0 amide bonds. The van der Waals surface area contributed by atoms with Gasteiger partial charge in [-0.15, -0.1) is 0 Å². The maximum absolute atomic E-state index is 12.9. The Kier molecular flexibility index (Phi) is 2.82. The van der Waals surface area contributed by atoms with Crippen LogP contribution in [0.1, 0.15) is 5.56 Å². The lowest BCUT2D eigenvalue weighted by Gasteiger charge is -1.96. The predicted molar refractivity (Wildman–Crippen MR) is 46.2 cm³/mol. The molecule has 0 spiro atoms. The van der Waals surface area contributed by atoms with Crippen LogP contribution in [-0.2, 0) is 0 Å². The van der Waals surface area contributed by atoms with Crippen molar-refractivity contribution < 1.29 is 9.50 Å². The summed E-state index contributed by atoms with van der Waals surface area (Å²) in [6.07, 6.45) is 3.23. The van der Waals surface area contributed by atoms with Gasteiger partial charge in [0.1, 0.15) is 11.6 Å². The average Bonchev–Trinajstić information content (AvgIpc) is 2.03. The van der Waals surface area contributed by atoms with Crippen LogP contribution in [0, 0.1) is 5.82 Å². The van der Waals surface area contributed by atoms with Gasteiger partial charge in [-0.2, -0.15) is 0 Å². The maximum Gasteiger partial charge on any atom is 0.134 e. The van der Waals surface area contributed by atoms with Crippen LogP contribution in [0.25, 0.3) is 6.08 Å². The van der Waals surface area contributed by atoms with Gasteiger partial charge in [-0.25, -0.2) is 4.39 Å². The van der Waals surface area contributed by atoms with Crippen LogP contribution in [0.5, 0.6) is 5.75 Å². The second-order valence-corrected chi connectivity index (χ2v) is 2.34. The molecule has 64 valence electrons. The maximum atomic E-state index is 12.9. The highest BCUT2D eigenvalue weighted by Gasteiger charge is 1.98. The molecule has 3 heteroatoms. The number of phenols is 1. The van der Waals surface area contributed by atoms with E-state index in [1.54, 1.807) is 12.2 Å². The molecular formula is C9H10FNO. The summed E-state index contributed by atoms with van der Waals surface area (Å²) in [7, 11) is 0. The molecule has 0 saturated heterocycles. The van der Waals surface area contributed by atoms with Crippen LogP contribution in [0.15, 0.2) is 24.3 Å². The summed E-state index contributed by atoms with van der Waals surface area (Å²) in [5.74, 6) is -0.517. The molecular weight excluding hydrogens is 157 g/mol. The van der Waals surface area contributed by atoms with E-state index in [-0.39, 0.29) is 5.75 Å². The molecule has 0 aromatic heterocycles. The third kappa shape index (κ3) is 2.07. The van der Waals surface area contributed by atoms with Crippen molar-refractivity contribution in [1.29, 1.82) is 0 Å². The van der Waals surface area contributed by atoms with Crippen molar-refractivity contribution in [3.63, 3.8) is 0 Å². The number of halogens is 1. The molecule has 0 aliphatic carbocycles. The fraction of sp³-hybridized carbons (Fsp3) is 0.111. The van der Waals surface area contributed by atoms with E-state index in [2.05, 4.69) is 0 Å². The van der Waals surface area contributed by atoms with E-state index in [0.717, 1.165) is 6.07 Å². The van der Waals surface area contributed by atoms with Crippen LogP contribution in [0.2, 0.25) is 0 Å². The van der Waals surface area contributed by atoms with Gasteiger partial charge < -0.3 is 10.8 Å². The van der Waals surface area contributed by atoms with Crippen LogP contribution in [-0.4, -0.2) is 11.7 Å². The number of aromatic hydroxyl groups is 1. The molecule has 0 radical (unpaired) electrons. The quantitative estimate of drug-likeness (QED) is 0.701. The second kappa shape index (κ2) is 3.88. The van der Waals surface area contributed by atoms with Gasteiger partial charge in [0.15, 0.2) is 0 Å². The Labute approximate surface area is 70.1 Å². The Bertz CT molecular complexity index is 297. The largest absolute Gasteiger partial charge is 0.508 e. The van der Waals surface area contributed by atoms with Gasteiger partial charge in [0, 0.05) is 18.2 Å². The normalized spacial score (nSPS) is 10.8. The molecule has 0 bridgehead atoms. The van der Waals surface area contributed by atoms with Gasteiger partial charge in [-0.05, 0) is 12.1 Å². The smallest absolute Gasteiger partial charge is 0.134 e. The Balaban J connectivity index is 2.94. The van der Waals surface area contributed by atoms with Crippen molar-refractivity contribution in [2.24, 2.45) is 5.73 Å². The van der Waals surface area contributed by atoms with Crippen molar-refractivity contribution in [3.05, 3.63) is 35.7 Å². The van der Waals surface area contributed by atoms with Crippen LogP contribution in [0.3, 0.4) is 0 Å². The summed E-state index contributed by atoms with van der Waals surface area (Å²) in [6, 6.07) is 3.99. The first-order valence-electron chi connectivity index (χ1n) is 3.59. The molecule has 1 aromatic carbocycles. The highest BCUT2D eigenvalue weighted by atomic mass is 19.1. The molecule has 0 heterocycles. The SMILES string of the molecule is NCC=Cc1ccc(O)cc1F. The molecule has 0 fully saturated rings. The summed E-state index contributed by atoms with van der Waals surface area (Å²) < 4.78 is 12.9. The molecule has 0 saturated carbocycles. The number of nitrogens with two attached hydrogens (primary N) is 1. The minimum absolute atomic E-state index is 0.0719. The molecule has 1 rings (SSSR count). The number of rotatable bonds is 2. The molecule has 3 N–H and O–H groups in total. The van der Waals surface area contributed by atoms with Crippen LogP contribution < -0.4 is 5.73 Å². The summed E-state index contributed by atoms with van der Waals surface area (Å²) in [5, 5.41) is 8.87. The van der Waals surface area contributed by atoms with E-state index in [4.69, 9.17) is 10.8 Å². The van der Waals surface area contributed by atoms with E-state index in [9.17, 15) is 4.39 Å². The van der Waals surface area contributed by atoms with Crippen molar-refractivity contribution in [2.45, 2.75) is 0 Å². The monoisotopic (exact) mass is 167 g/mol. The van der Waals surface area contributed by atoms with Crippen LogP contribution in [0.4, 0.5) is 4.39 Å².